The number of rotatable bonds is 1. The average Bonchev–Trinajstić information content (AvgIpc) is 2.68. The third-order valence-corrected chi connectivity index (χ3v) is 4.68. The largest absolute Gasteiger partial charge is 0.317 e. The van der Waals surface area contributed by atoms with Gasteiger partial charge in [-0.1, -0.05) is 12.1 Å². The van der Waals surface area contributed by atoms with Crippen LogP contribution in [-0.4, -0.2) is 35.3 Å². The SMILES string of the molecule is Cc1ccc(C)c2c1C(=O)N(C1(C)CCNCC1)C2=O. The van der Waals surface area contributed by atoms with Gasteiger partial charge in [-0.25, -0.2) is 0 Å². The van der Waals surface area contributed by atoms with Gasteiger partial charge in [-0.3, -0.25) is 14.5 Å². The molecule has 2 heterocycles. The molecule has 106 valence electrons. The fraction of sp³-hybridized carbons (Fsp3) is 0.500. The van der Waals surface area contributed by atoms with Crippen LogP contribution in [0.15, 0.2) is 12.1 Å². The highest BCUT2D eigenvalue weighted by Gasteiger charge is 2.47. The Hall–Kier alpha value is -1.68. The van der Waals surface area contributed by atoms with E-state index in [-0.39, 0.29) is 17.4 Å². The Morgan fingerprint density at radius 2 is 1.45 bits per heavy atom. The van der Waals surface area contributed by atoms with Crippen molar-refractivity contribution in [3.8, 4) is 0 Å². The predicted octanol–water partition coefficient (Wildman–Crippen LogP) is 2.04. The van der Waals surface area contributed by atoms with Crippen LogP contribution in [0.25, 0.3) is 0 Å². The van der Waals surface area contributed by atoms with Crippen LogP contribution in [-0.2, 0) is 0 Å². The summed E-state index contributed by atoms with van der Waals surface area (Å²) in [5.74, 6) is -0.230. The summed E-state index contributed by atoms with van der Waals surface area (Å²) in [5.41, 5.74) is 2.63. The highest BCUT2D eigenvalue weighted by molar-refractivity contribution is 6.23. The second-order valence-electron chi connectivity index (χ2n) is 6.14. The van der Waals surface area contributed by atoms with Crippen LogP contribution in [0.5, 0.6) is 0 Å². The molecule has 1 N–H and O–H groups in total. The monoisotopic (exact) mass is 272 g/mol. The highest BCUT2D eigenvalue weighted by atomic mass is 16.2. The third kappa shape index (κ3) is 1.71. The van der Waals surface area contributed by atoms with E-state index in [2.05, 4.69) is 5.32 Å². The van der Waals surface area contributed by atoms with E-state index in [0.717, 1.165) is 37.1 Å². The molecule has 0 aliphatic carbocycles. The normalized spacial score (nSPS) is 21.2. The zero-order chi connectivity index (χ0) is 14.5. The number of fused-ring (bicyclic) bond motifs is 1. The zero-order valence-electron chi connectivity index (χ0n) is 12.2. The Labute approximate surface area is 119 Å². The molecule has 0 radical (unpaired) electrons. The van der Waals surface area contributed by atoms with Gasteiger partial charge in [-0.2, -0.15) is 0 Å². The van der Waals surface area contributed by atoms with Crippen LogP contribution in [0, 0.1) is 13.8 Å². The lowest BCUT2D eigenvalue weighted by Gasteiger charge is -2.40. The average molecular weight is 272 g/mol. The molecule has 4 heteroatoms. The van der Waals surface area contributed by atoms with Crippen molar-refractivity contribution in [1.29, 1.82) is 0 Å². The van der Waals surface area contributed by atoms with Gasteiger partial charge in [-0.05, 0) is 57.8 Å². The molecule has 2 amide bonds. The van der Waals surface area contributed by atoms with Crippen molar-refractivity contribution in [2.45, 2.75) is 39.2 Å². The Morgan fingerprint density at radius 3 is 1.90 bits per heavy atom. The van der Waals surface area contributed by atoms with Crippen molar-refractivity contribution < 1.29 is 9.59 Å². The number of carbonyl (C=O) groups is 2. The molecular formula is C16H20N2O2. The van der Waals surface area contributed by atoms with Crippen LogP contribution in [0.2, 0.25) is 0 Å². The van der Waals surface area contributed by atoms with Gasteiger partial charge in [0.2, 0.25) is 0 Å². The summed E-state index contributed by atoms with van der Waals surface area (Å²) in [7, 11) is 0. The molecular weight excluding hydrogens is 252 g/mol. The fourth-order valence-electron chi connectivity index (χ4n) is 3.36. The van der Waals surface area contributed by atoms with Crippen molar-refractivity contribution in [1.82, 2.24) is 10.2 Å². The van der Waals surface area contributed by atoms with Crippen molar-refractivity contribution in [2.24, 2.45) is 0 Å². The summed E-state index contributed by atoms with van der Waals surface area (Å²) >= 11 is 0. The van der Waals surface area contributed by atoms with Crippen molar-refractivity contribution in [2.75, 3.05) is 13.1 Å². The van der Waals surface area contributed by atoms with E-state index in [0.29, 0.717) is 11.1 Å². The molecule has 1 fully saturated rings. The molecule has 20 heavy (non-hydrogen) atoms. The quantitative estimate of drug-likeness (QED) is 0.796. The second kappa shape index (κ2) is 4.42. The maximum Gasteiger partial charge on any atom is 0.262 e. The minimum absolute atomic E-state index is 0.115. The lowest BCUT2D eigenvalue weighted by atomic mass is 9.88. The van der Waals surface area contributed by atoms with E-state index in [4.69, 9.17) is 0 Å². The van der Waals surface area contributed by atoms with Crippen LogP contribution < -0.4 is 5.32 Å². The van der Waals surface area contributed by atoms with Crippen LogP contribution in [0.4, 0.5) is 0 Å². The number of hydrogen-bond acceptors (Lipinski definition) is 3. The van der Waals surface area contributed by atoms with Crippen molar-refractivity contribution in [3.05, 3.63) is 34.4 Å². The fourth-order valence-corrected chi connectivity index (χ4v) is 3.36. The van der Waals surface area contributed by atoms with Gasteiger partial charge in [0.05, 0.1) is 16.7 Å². The smallest absolute Gasteiger partial charge is 0.262 e. The maximum absolute atomic E-state index is 12.8. The number of carbonyl (C=O) groups excluding carboxylic acids is 2. The minimum Gasteiger partial charge on any atom is -0.317 e. The number of hydrogen-bond donors (Lipinski definition) is 1. The van der Waals surface area contributed by atoms with Gasteiger partial charge in [-0.15, -0.1) is 0 Å². The number of aryl methyl sites for hydroxylation is 2. The summed E-state index contributed by atoms with van der Waals surface area (Å²) in [6, 6.07) is 3.85. The number of nitrogens with zero attached hydrogens (tertiary/aromatic N) is 1. The van der Waals surface area contributed by atoms with Gasteiger partial charge in [0, 0.05) is 0 Å². The molecule has 0 aromatic heterocycles. The maximum atomic E-state index is 12.8. The Morgan fingerprint density at radius 1 is 1.00 bits per heavy atom. The zero-order valence-corrected chi connectivity index (χ0v) is 12.2. The first kappa shape index (κ1) is 13.3. The lowest BCUT2D eigenvalue weighted by molar-refractivity contribution is 0.0388. The summed E-state index contributed by atoms with van der Waals surface area (Å²) in [5, 5.41) is 3.29. The van der Waals surface area contributed by atoms with Crippen LogP contribution >= 0.6 is 0 Å². The highest BCUT2D eigenvalue weighted by Crippen LogP contribution is 2.36. The van der Waals surface area contributed by atoms with E-state index in [1.54, 1.807) is 0 Å². The summed E-state index contributed by atoms with van der Waals surface area (Å²) < 4.78 is 0. The first-order valence-corrected chi connectivity index (χ1v) is 7.15. The predicted molar refractivity (Wildman–Crippen MR) is 76.9 cm³/mol. The molecule has 3 rings (SSSR count). The van der Waals surface area contributed by atoms with Gasteiger partial charge in [0.15, 0.2) is 0 Å². The van der Waals surface area contributed by atoms with Crippen LogP contribution in [0.1, 0.15) is 51.6 Å². The van der Waals surface area contributed by atoms with E-state index >= 15 is 0 Å². The first-order valence-electron chi connectivity index (χ1n) is 7.15. The molecule has 0 spiro atoms. The molecule has 0 atom stereocenters. The molecule has 1 aromatic rings. The summed E-state index contributed by atoms with van der Waals surface area (Å²) in [6.45, 7) is 7.53. The van der Waals surface area contributed by atoms with E-state index < -0.39 is 0 Å². The summed E-state index contributed by atoms with van der Waals surface area (Å²) in [6.07, 6.45) is 1.63. The molecule has 4 nitrogen and oxygen atoms in total. The molecule has 1 aromatic carbocycles. The number of piperidine rings is 1. The van der Waals surface area contributed by atoms with Crippen molar-refractivity contribution >= 4 is 11.8 Å². The number of imide groups is 1. The van der Waals surface area contributed by atoms with Crippen molar-refractivity contribution in [3.63, 3.8) is 0 Å². The minimum atomic E-state index is -0.364. The lowest BCUT2D eigenvalue weighted by Crippen LogP contribution is -2.54. The Kier molecular flexibility index (Phi) is 2.94. The van der Waals surface area contributed by atoms with Gasteiger partial charge >= 0.3 is 0 Å². The number of benzene rings is 1. The van der Waals surface area contributed by atoms with Crippen LogP contribution in [0.3, 0.4) is 0 Å². The van der Waals surface area contributed by atoms with E-state index in [9.17, 15) is 9.59 Å². The number of amides is 2. The molecule has 0 unspecified atom stereocenters. The van der Waals surface area contributed by atoms with E-state index in [1.807, 2.05) is 32.9 Å². The molecule has 0 bridgehead atoms. The molecule has 1 saturated heterocycles. The van der Waals surface area contributed by atoms with Gasteiger partial charge in [0.1, 0.15) is 0 Å². The number of nitrogens with one attached hydrogen (secondary N) is 1. The standard InChI is InChI=1S/C16H20N2O2/c1-10-4-5-11(2)13-12(10)14(19)18(15(13)20)16(3)6-8-17-9-7-16/h4-5,17H,6-9H2,1-3H3. The van der Waals surface area contributed by atoms with Gasteiger partial charge < -0.3 is 5.32 Å². The second-order valence-corrected chi connectivity index (χ2v) is 6.14. The van der Waals surface area contributed by atoms with E-state index in [1.165, 1.54) is 4.90 Å². The third-order valence-electron chi connectivity index (χ3n) is 4.68. The molecule has 2 aliphatic heterocycles. The van der Waals surface area contributed by atoms with Gasteiger partial charge in [0.25, 0.3) is 11.8 Å². The summed E-state index contributed by atoms with van der Waals surface area (Å²) in [4.78, 5) is 27.1. The Bertz CT molecular complexity index is 560. The Balaban J connectivity index is 2.10. The topological polar surface area (TPSA) is 49.4 Å². The first-order chi connectivity index (χ1) is 9.46. The molecule has 2 aliphatic rings. The molecule has 0 saturated carbocycles.